The zero-order chi connectivity index (χ0) is 16.6. The van der Waals surface area contributed by atoms with Crippen molar-refractivity contribution in [2.75, 3.05) is 4.90 Å². The van der Waals surface area contributed by atoms with E-state index < -0.39 is 6.10 Å². The van der Waals surface area contributed by atoms with Crippen LogP contribution in [0.5, 0.6) is 5.75 Å². The van der Waals surface area contributed by atoms with Crippen molar-refractivity contribution >= 4 is 23.2 Å². The highest BCUT2D eigenvalue weighted by molar-refractivity contribution is 6.31. The first-order valence-electron chi connectivity index (χ1n) is 7.81. The van der Waals surface area contributed by atoms with Gasteiger partial charge in [0.15, 0.2) is 6.10 Å². The molecular weight excluding hydrogens is 310 g/mol. The molecule has 0 saturated carbocycles. The Morgan fingerprint density at radius 2 is 2.04 bits per heavy atom. The van der Waals surface area contributed by atoms with Crippen LogP contribution in [0.1, 0.15) is 25.0 Å². The summed E-state index contributed by atoms with van der Waals surface area (Å²) in [7, 11) is 0. The van der Waals surface area contributed by atoms with E-state index >= 15 is 0 Å². The van der Waals surface area contributed by atoms with Gasteiger partial charge in [0.25, 0.3) is 5.91 Å². The van der Waals surface area contributed by atoms with Gasteiger partial charge in [0, 0.05) is 16.8 Å². The van der Waals surface area contributed by atoms with Crippen LogP contribution in [-0.2, 0) is 11.2 Å². The molecule has 2 aromatic rings. The van der Waals surface area contributed by atoms with Gasteiger partial charge in [0.05, 0.1) is 0 Å². The molecule has 0 aliphatic carbocycles. The third kappa shape index (κ3) is 3.06. The number of halogens is 1. The van der Waals surface area contributed by atoms with E-state index in [2.05, 4.69) is 13.0 Å². The third-order valence-electron chi connectivity index (χ3n) is 4.23. The quantitative estimate of drug-likeness (QED) is 0.835. The molecule has 3 rings (SSSR count). The predicted octanol–water partition coefficient (Wildman–Crippen LogP) is 4.39. The first-order chi connectivity index (χ1) is 11.0. The molecule has 2 atom stereocenters. The van der Waals surface area contributed by atoms with Crippen LogP contribution in [0, 0.1) is 6.92 Å². The van der Waals surface area contributed by atoms with Gasteiger partial charge in [-0.2, -0.15) is 0 Å². The first kappa shape index (κ1) is 15.9. The number of carbonyl (C=O) groups is 1. The second-order valence-corrected chi connectivity index (χ2v) is 6.47. The number of fused-ring (bicyclic) bond motifs is 1. The van der Waals surface area contributed by atoms with Crippen LogP contribution in [-0.4, -0.2) is 18.1 Å². The van der Waals surface area contributed by atoms with E-state index in [1.807, 2.05) is 36.1 Å². The van der Waals surface area contributed by atoms with Crippen molar-refractivity contribution in [1.29, 1.82) is 0 Å². The Hall–Kier alpha value is -2.00. The number of ether oxygens (including phenoxy) is 1. The van der Waals surface area contributed by atoms with E-state index in [0.717, 1.165) is 17.7 Å². The van der Waals surface area contributed by atoms with Gasteiger partial charge in [0.1, 0.15) is 5.75 Å². The monoisotopic (exact) mass is 329 g/mol. The maximum absolute atomic E-state index is 12.8. The number of aryl methyl sites for hydroxylation is 1. The van der Waals surface area contributed by atoms with Gasteiger partial charge in [-0.25, -0.2) is 0 Å². The number of benzene rings is 2. The SMILES string of the molecule is Cc1cc(O[C@@H](C)C(=O)N2c3ccccc3C[C@H]2C)ccc1Cl. The average molecular weight is 330 g/mol. The zero-order valence-corrected chi connectivity index (χ0v) is 14.3. The van der Waals surface area contributed by atoms with Crippen LogP contribution in [0.25, 0.3) is 0 Å². The second-order valence-electron chi connectivity index (χ2n) is 6.06. The number of hydrogen-bond donors (Lipinski definition) is 0. The van der Waals surface area contributed by atoms with Crippen molar-refractivity contribution in [1.82, 2.24) is 0 Å². The third-order valence-corrected chi connectivity index (χ3v) is 4.66. The molecule has 1 aliphatic rings. The molecule has 0 saturated heterocycles. The van der Waals surface area contributed by atoms with E-state index in [1.165, 1.54) is 5.56 Å². The van der Waals surface area contributed by atoms with Gasteiger partial charge >= 0.3 is 0 Å². The van der Waals surface area contributed by atoms with Gasteiger partial charge in [-0.15, -0.1) is 0 Å². The average Bonchev–Trinajstić information content (AvgIpc) is 2.86. The Balaban J connectivity index is 1.78. The largest absolute Gasteiger partial charge is 0.481 e. The van der Waals surface area contributed by atoms with Crippen molar-refractivity contribution in [3.63, 3.8) is 0 Å². The lowest BCUT2D eigenvalue weighted by Crippen LogP contribution is -2.43. The highest BCUT2D eigenvalue weighted by atomic mass is 35.5. The summed E-state index contributed by atoms with van der Waals surface area (Å²) in [5, 5.41) is 0.693. The van der Waals surface area contributed by atoms with Gasteiger partial charge in [-0.1, -0.05) is 29.8 Å². The molecule has 23 heavy (non-hydrogen) atoms. The first-order valence-corrected chi connectivity index (χ1v) is 8.19. The van der Waals surface area contributed by atoms with E-state index in [-0.39, 0.29) is 11.9 Å². The fraction of sp³-hybridized carbons (Fsp3) is 0.316. The fourth-order valence-electron chi connectivity index (χ4n) is 3.04. The van der Waals surface area contributed by atoms with Crippen LogP contribution >= 0.6 is 11.6 Å². The molecule has 0 fully saturated rings. The fourth-order valence-corrected chi connectivity index (χ4v) is 3.16. The molecule has 1 aliphatic heterocycles. The van der Waals surface area contributed by atoms with Crippen molar-refractivity contribution in [2.24, 2.45) is 0 Å². The van der Waals surface area contributed by atoms with Gasteiger partial charge < -0.3 is 9.64 Å². The number of amides is 1. The number of anilines is 1. The number of nitrogens with zero attached hydrogens (tertiary/aromatic N) is 1. The van der Waals surface area contributed by atoms with Crippen molar-refractivity contribution < 1.29 is 9.53 Å². The van der Waals surface area contributed by atoms with Gasteiger partial charge in [-0.05, 0) is 62.6 Å². The molecule has 4 heteroatoms. The number of para-hydroxylation sites is 1. The molecule has 0 aromatic heterocycles. The minimum absolute atomic E-state index is 0.0185. The van der Waals surface area contributed by atoms with Crippen LogP contribution < -0.4 is 9.64 Å². The maximum Gasteiger partial charge on any atom is 0.268 e. The molecule has 0 N–H and O–H groups in total. The number of carbonyl (C=O) groups excluding carboxylic acids is 1. The normalized spacial score (nSPS) is 17.7. The summed E-state index contributed by atoms with van der Waals surface area (Å²) in [6, 6.07) is 13.6. The molecule has 0 unspecified atom stereocenters. The number of rotatable bonds is 3. The molecule has 0 radical (unpaired) electrons. The summed E-state index contributed by atoms with van der Waals surface area (Å²) in [6.45, 7) is 5.78. The molecule has 1 heterocycles. The second kappa shape index (κ2) is 6.25. The summed E-state index contributed by atoms with van der Waals surface area (Å²) in [4.78, 5) is 14.7. The minimum atomic E-state index is -0.552. The standard InChI is InChI=1S/C19H20ClNO2/c1-12-10-16(8-9-17(12)20)23-14(3)19(22)21-13(2)11-15-6-4-5-7-18(15)21/h4-10,13-14H,11H2,1-3H3/t13-,14+/m1/s1. The Morgan fingerprint density at radius 3 is 2.78 bits per heavy atom. The van der Waals surface area contributed by atoms with Crippen molar-refractivity contribution in [3.05, 3.63) is 58.6 Å². The van der Waals surface area contributed by atoms with Crippen molar-refractivity contribution in [3.8, 4) is 5.75 Å². The van der Waals surface area contributed by atoms with Crippen LogP contribution in [0.4, 0.5) is 5.69 Å². The molecule has 1 amide bonds. The predicted molar refractivity (Wildman–Crippen MR) is 93.4 cm³/mol. The molecular formula is C19H20ClNO2. The van der Waals surface area contributed by atoms with Gasteiger partial charge in [-0.3, -0.25) is 4.79 Å². The summed E-state index contributed by atoms with van der Waals surface area (Å²) in [5.41, 5.74) is 3.14. The smallest absolute Gasteiger partial charge is 0.268 e. The van der Waals surface area contributed by atoms with Crippen LogP contribution in [0.2, 0.25) is 5.02 Å². The molecule has 2 aromatic carbocycles. The van der Waals surface area contributed by atoms with E-state index in [1.54, 1.807) is 19.1 Å². The summed E-state index contributed by atoms with van der Waals surface area (Å²) < 4.78 is 5.84. The number of hydrogen-bond acceptors (Lipinski definition) is 2. The summed E-state index contributed by atoms with van der Waals surface area (Å²) in [5.74, 6) is 0.642. The Kier molecular flexibility index (Phi) is 4.31. The lowest BCUT2D eigenvalue weighted by atomic mass is 10.1. The highest BCUT2D eigenvalue weighted by Crippen LogP contribution is 2.32. The summed E-state index contributed by atoms with van der Waals surface area (Å²) in [6.07, 6.45) is 0.332. The van der Waals surface area contributed by atoms with E-state index in [4.69, 9.17) is 16.3 Å². The Bertz CT molecular complexity index is 744. The zero-order valence-electron chi connectivity index (χ0n) is 13.5. The van der Waals surface area contributed by atoms with E-state index in [0.29, 0.717) is 10.8 Å². The van der Waals surface area contributed by atoms with Crippen molar-refractivity contribution in [2.45, 2.75) is 39.3 Å². The molecule has 0 bridgehead atoms. The highest BCUT2D eigenvalue weighted by Gasteiger charge is 2.33. The van der Waals surface area contributed by atoms with Crippen LogP contribution in [0.15, 0.2) is 42.5 Å². The summed E-state index contributed by atoms with van der Waals surface area (Å²) >= 11 is 6.03. The molecule has 3 nitrogen and oxygen atoms in total. The molecule has 120 valence electrons. The van der Waals surface area contributed by atoms with Crippen LogP contribution in [0.3, 0.4) is 0 Å². The Morgan fingerprint density at radius 1 is 1.30 bits per heavy atom. The topological polar surface area (TPSA) is 29.5 Å². The molecule has 0 spiro atoms. The van der Waals surface area contributed by atoms with Gasteiger partial charge in [0.2, 0.25) is 0 Å². The maximum atomic E-state index is 12.8. The van der Waals surface area contributed by atoms with E-state index in [9.17, 15) is 4.79 Å². The minimum Gasteiger partial charge on any atom is -0.481 e. The lowest BCUT2D eigenvalue weighted by molar-refractivity contribution is -0.124. The lowest BCUT2D eigenvalue weighted by Gasteiger charge is -2.26. The Labute approximate surface area is 141 Å².